The van der Waals surface area contributed by atoms with Gasteiger partial charge in [-0.05, 0) is 73.0 Å². The van der Waals surface area contributed by atoms with E-state index in [2.05, 4.69) is 16.0 Å². The zero-order valence-electron chi connectivity index (χ0n) is 18.2. The van der Waals surface area contributed by atoms with Gasteiger partial charge in [0.05, 0.1) is 27.4 Å². The van der Waals surface area contributed by atoms with Crippen LogP contribution in [0.4, 0.5) is 5.13 Å². The molecule has 0 aliphatic carbocycles. The molecule has 0 fully saturated rings. The van der Waals surface area contributed by atoms with Crippen LogP contribution in [0, 0.1) is 13.8 Å². The van der Waals surface area contributed by atoms with Gasteiger partial charge >= 0.3 is 0 Å². The van der Waals surface area contributed by atoms with E-state index in [1.54, 1.807) is 23.4 Å². The highest BCUT2D eigenvalue weighted by atomic mass is 35.5. The van der Waals surface area contributed by atoms with Crippen molar-refractivity contribution in [2.75, 3.05) is 10.7 Å². The summed E-state index contributed by atoms with van der Waals surface area (Å²) in [6.07, 6.45) is 3.18. The molecular weight excluding hydrogens is 478 g/mol. The van der Waals surface area contributed by atoms with Crippen LogP contribution in [0.1, 0.15) is 23.1 Å². The van der Waals surface area contributed by atoms with Gasteiger partial charge in [0.15, 0.2) is 15.0 Å². The Balaban J connectivity index is 1.62. The summed E-state index contributed by atoms with van der Waals surface area (Å²) < 4.78 is 26.5. The number of amides is 1. The molecule has 0 saturated carbocycles. The van der Waals surface area contributed by atoms with Gasteiger partial charge < -0.3 is 0 Å². The summed E-state index contributed by atoms with van der Waals surface area (Å²) >= 11 is 7.28. The van der Waals surface area contributed by atoms with Crippen LogP contribution < -0.4 is 4.90 Å². The first-order chi connectivity index (χ1) is 15.7. The van der Waals surface area contributed by atoms with Gasteiger partial charge in [-0.1, -0.05) is 29.0 Å². The molecule has 2 aromatic carbocycles. The number of sulfone groups is 1. The predicted octanol–water partition coefficient (Wildman–Crippen LogP) is 5.36. The van der Waals surface area contributed by atoms with Gasteiger partial charge in [0.25, 0.3) is 0 Å². The van der Waals surface area contributed by atoms with Crippen LogP contribution in [0.2, 0.25) is 5.02 Å². The van der Waals surface area contributed by atoms with E-state index in [1.807, 2.05) is 26.0 Å². The van der Waals surface area contributed by atoms with Gasteiger partial charge in [-0.3, -0.25) is 14.7 Å². The number of rotatable bonds is 7. The number of benzene rings is 2. The van der Waals surface area contributed by atoms with Gasteiger partial charge in [0, 0.05) is 23.8 Å². The van der Waals surface area contributed by atoms with E-state index < -0.39 is 9.84 Å². The first kappa shape index (κ1) is 23.4. The van der Waals surface area contributed by atoms with Crippen molar-refractivity contribution < 1.29 is 13.2 Å². The summed E-state index contributed by atoms with van der Waals surface area (Å²) in [4.78, 5) is 23.8. The Morgan fingerprint density at radius 3 is 2.52 bits per heavy atom. The van der Waals surface area contributed by atoms with Crippen molar-refractivity contribution in [2.45, 2.75) is 31.7 Å². The zero-order chi connectivity index (χ0) is 23.6. The number of anilines is 1. The Morgan fingerprint density at radius 1 is 1.09 bits per heavy atom. The molecule has 0 spiro atoms. The van der Waals surface area contributed by atoms with E-state index in [-0.39, 0.29) is 29.5 Å². The maximum absolute atomic E-state index is 13.3. The molecule has 170 valence electrons. The van der Waals surface area contributed by atoms with Crippen molar-refractivity contribution in [3.63, 3.8) is 0 Å². The molecule has 2 aromatic heterocycles. The number of hydrogen-bond donors (Lipinski definition) is 0. The Bertz CT molecular complexity index is 1360. The zero-order valence-corrected chi connectivity index (χ0v) is 20.5. The van der Waals surface area contributed by atoms with E-state index in [9.17, 15) is 13.2 Å². The highest BCUT2D eigenvalue weighted by molar-refractivity contribution is 7.91. The second-order valence-electron chi connectivity index (χ2n) is 7.76. The van der Waals surface area contributed by atoms with Crippen LogP contribution in [0.15, 0.2) is 65.8 Å². The SMILES string of the molecule is Cc1cc2nc(N(Cc3cccnc3)C(=O)CCS(=O)(=O)c3ccc(Cl)cc3)sc2cc1C. The van der Waals surface area contributed by atoms with E-state index in [4.69, 9.17) is 11.6 Å². The minimum atomic E-state index is -3.63. The normalized spacial score (nSPS) is 11.6. The van der Waals surface area contributed by atoms with Crippen LogP contribution >= 0.6 is 22.9 Å². The third kappa shape index (κ3) is 5.40. The van der Waals surface area contributed by atoms with Gasteiger partial charge in [0.2, 0.25) is 5.91 Å². The molecule has 0 radical (unpaired) electrons. The minimum absolute atomic E-state index is 0.143. The van der Waals surface area contributed by atoms with Crippen LogP contribution in [-0.4, -0.2) is 30.0 Å². The lowest BCUT2D eigenvalue weighted by Gasteiger charge is -2.20. The van der Waals surface area contributed by atoms with E-state index in [1.165, 1.54) is 35.6 Å². The van der Waals surface area contributed by atoms with Gasteiger partial charge in [0.1, 0.15) is 0 Å². The van der Waals surface area contributed by atoms with Crippen LogP contribution in [0.25, 0.3) is 10.2 Å². The summed E-state index contributed by atoms with van der Waals surface area (Å²) in [5.74, 6) is -0.621. The summed E-state index contributed by atoms with van der Waals surface area (Å²) in [5, 5.41) is 0.988. The molecule has 0 N–H and O–H groups in total. The van der Waals surface area contributed by atoms with Crippen molar-refractivity contribution >= 4 is 54.0 Å². The van der Waals surface area contributed by atoms with E-state index >= 15 is 0 Å². The number of carbonyl (C=O) groups excluding carboxylic acids is 1. The van der Waals surface area contributed by atoms with Crippen LogP contribution in [0.5, 0.6) is 0 Å². The third-order valence-electron chi connectivity index (χ3n) is 5.35. The Morgan fingerprint density at radius 2 is 1.82 bits per heavy atom. The molecule has 33 heavy (non-hydrogen) atoms. The number of nitrogens with zero attached hydrogens (tertiary/aromatic N) is 3. The quantitative estimate of drug-likeness (QED) is 0.342. The molecular formula is C24H22ClN3O3S2. The number of halogens is 1. The fourth-order valence-electron chi connectivity index (χ4n) is 3.34. The highest BCUT2D eigenvalue weighted by Gasteiger charge is 2.24. The highest BCUT2D eigenvalue weighted by Crippen LogP contribution is 2.32. The van der Waals surface area contributed by atoms with E-state index in [0.29, 0.717) is 10.2 Å². The fraction of sp³-hybridized carbons (Fsp3) is 0.208. The molecule has 0 saturated heterocycles. The standard InChI is InChI=1S/C24H22ClN3O3S2/c1-16-12-21-22(13-17(16)2)32-24(27-21)28(15-18-4-3-10-26-14-18)23(29)9-11-33(30,31)20-7-5-19(25)6-8-20/h3-8,10,12-14H,9,11,15H2,1-2H3. The van der Waals surface area contributed by atoms with Crippen molar-refractivity contribution in [2.24, 2.45) is 0 Å². The first-order valence-electron chi connectivity index (χ1n) is 10.3. The molecule has 4 aromatic rings. The fourth-order valence-corrected chi connectivity index (χ4v) is 5.75. The molecule has 9 heteroatoms. The number of pyridine rings is 1. The lowest BCUT2D eigenvalue weighted by Crippen LogP contribution is -2.31. The Hall–Kier alpha value is -2.81. The average Bonchev–Trinajstić information content (AvgIpc) is 3.19. The van der Waals surface area contributed by atoms with Gasteiger partial charge in [-0.2, -0.15) is 0 Å². The lowest BCUT2D eigenvalue weighted by atomic mass is 10.1. The number of carbonyl (C=O) groups is 1. The second kappa shape index (κ2) is 9.59. The van der Waals surface area contributed by atoms with Crippen molar-refractivity contribution in [3.05, 3.63) is 82.6 Å². The van der Waals surface area contributed by atoms with Crippen LogP contribution in [-0.2, 0) is 21.2 Å². The third-order valence-corrected chi connectivity index (χ3v) is 8.37. The number of thiazole rings is 1. The molecule has 0 bridgehead atoms. The van der Waals surface area contributed by atoms with Crippen molar-refractivity contribution in [1.82, 2.24) is 9.97 Å². The van der Waals surface area contributed by atoms with Gasteiger partial charge in [-0.15, -0.1) is 0 Å². The molecule has 0 aliphatic heterocycles. The smallest absolute Gasteiger partial charge is 0.230 e. The number of aromatic nitrogens is 2. The number of hydrogen-bond acceptors (Lipinski definition) is 6. The first-order valence-corrected chi connectivity index (χ1v) is 13.1. The molecule has 4 rings (SSSR count). The van der Waals surface area contributed by atoms with Crippen LogP contribution in [0.3, 0.4) is 0 Å². The van der Waals surface area contributed by atoms with Gasteiger partial charge in [-0.25, -0.2) is 13.4 Å². The monoisotopic (exact) mass is 499 g/mol. The summed E-state index contributed by atoms with van der Waals surface area (Å²) in [6, 6.07) is 13.7. The largest absolute Gasteiger partial charge is 0.284 e. The predicted molar refractivity (Wildman–Crippen MR) is 133 cm³/mol. The maximum Gasteiger partial charge on any atom is 0.230 e. The molecule has 0 atom stereocenters. The molecule has 0 unspecified atom stereocenters. The molecule has 0 aliphatic rings. The Labute approximate surface area is 201 Å². The average molecular weight is 500 g/mol. The maximum atomic E-state index is 13.3. The number of aryl methyl sites for hydroxylation is 2. The lowest BCUT2D eigenvalue weighted by molar-refractivity contribution is -0.118. The summed E-state index contributed by atoms with van der Waals surface area (Å²) in [7, 11) is -3.63. The molecule has 2 heterocycles. The minimum Gasteiger partial charge on any atom is -0.284 e. The topological polar surface area (TPSA) is 80.2 Å². The van der Waals surface area contributed by atoms with Crippen molar-refractivity contribution in [3.8, 4) is 0 Å². The van der Waals surface area contributed by atoms with Crippen molar-refractivity contribution in [1.29, 1.82) is 0 Å². The molecule has 6 nitrogen and oxygen atoms in total. The Kier molecular flexibility index (Phi) is 6.78. The summed E-state index contributed by atoms with van der Waals surface area (Å²) in [5.41, 5.74) is 3.92. The number of fused-ring (bicyclic) bond motifs is 1. The van der Waals surface area contributed by atoms with E-state index in [0.717, 1.165) is 26.9 Å². The second-order valence-corrected chi connectivity index (χ2v) is 11.3. The molecule has 1 amide bonds. The summed E-state index contributed by atoms with van der Waals surface area (Å²) in [6.45, 7) is 4.31.